The fourth-order valence-electron chi connectivity index (χ4n) is 2.70. The zero-order chi connectivity index (χ0) is 18.5. The molecule has 2 aromatic carbocycles. The maximum Gasteiger partial charge on any atom is 0.262 e. The summed E-state index contributed by atoms with van der Waals surface area (Å²) in [5.41, 5.74) is 3.25. The highest BCUT2D eigenvalue weighted by molar-refractivity contribution is 5.93. The zero-order valence-corrected chi connectivity index (χ0v) is 15.0. The smallest absolute Gasteiger partial charge is 0.262 e. The fraction of sp³-hybridized carbons (Fsp3) is 0.200. The van der Waals surface area contributed by atoms with Crippen LogP contribution in [-0.2, 0) is 4.79 Å². The van der Waals surface area contributed by atoms with E-state index in [2.05, 4.69) is 10.4 Å². The number of nitrogens with zero attached hydrogens (tertiary/aromatic N) is 2. The second-order valence-corrected chi connectivity index (χ2v) is 5.78. The van der Waals surface area contributed by atoms with Crippen LogP contribution in [0.1, 0.15) is 11.4 Å². The van der Waals surface area contributed by atoms with E-state index in [0.29, 0.717) is 17.2 Å². The molecule has 3 aromatic rings. The van der Waals surface area contributed by atoms with Crippen LogP contribution in [0.5, 0.6) is 11.5 Å². The van der Waals surface area contributed by atoms with E-state index in [4.69, 9.17) is 9.47 Å². The van der Waals surface area contributed by atoms with Gasteiger partial charge in [0.05, 0.1) is 29.9 Å². The Labute approximate surface area is 152 Å². The Balaban J connectivity index is 1.71. The Hall–Kier alpha value is -3.28. The van der Waals surface area contributed by atoms with Crippen LogP contribution in [0.25, 0.3) is 5.69 Å². The molecule has 134 valence electrons. The van der Waals surface area contributed by atoms with E-state index in [9.17, 15) is 4.79 Å². The molecule has 0 aliphatic heterocycles. The Morgan fingerprint density at radius 3 is 2.38 bits per heavy atom. The van der Waals surface area contributed by atoms with Gasteiger partial charge >= 0.3 is 0 Å². The van der Waals surface area contributed by atoms with E-state index in [0.717, 1.165) is 17.1 Å². The number of rotatable bonds is 6. The van der Waals surface area contributed by atoms with Crippen molar-refractivity contribution in [3.8, 4) is 17.2 Å². The Morgan fingerprint density at radius 2 is 1.69 bits per heavy atom. The molecule has 0 fully saturated rings. The van der Waals surface area contributed by atoms with Crippen LogP contribution < -0.4 is 14.8 Å². The van der Waals surface area contributed by atoms with Gasteiger partial charge in [-0.15, -0.1) is 0 Å². The Bertz CT molecular complexity index is 904. The molecule has 0 spiro atoms. The lowest BCUT2D eigenvalue weighted by Gasteiger charge is -2.11. The quantitative estimate of drug-likeness (QED) is 0.738. The van der Waals surface area contributed by atoms with Gasteiger partial charge in [-0.2, -0.15) is 5.10 Å². The van der Waals surface area contributed by atoms with Gasteiger partial charge in [0.1, 0.15) is 0 Å². The monoisotopic (exact) mass is 351 g/mol. The fourth-order valence-corrected chi connectivity index (χ4v) is 2.70. The van der Waals surface area contributed by atoms with Crippen molar-refractivity contribution in [1.82, 2.24) is 9.78 Å². The third kappa shape index (κ3) is 3.69. The molecule has 1 aromatic heterocycles. The van der Waals surface area contributed by atoms with Crippen LogP contribution in [-0.4, -0.2) is 29.4 Å². The minimum absolute atomic E-state index is 0.115. The average Bonchev–Trinajstić information content (AvgIpc) is 2.95. The molecule has 0 saturated carbocycles. The topological polar surface area (TPSA) is 65.4 Å². The standard InChI is InChI=1S/C20H21N3O3/c1-14-20(15(2)23(22-14)16-9-5-4-6-10-16)21-19(24)13-26-18-12-8-7-11-17(18)25-3/h4-12H,13H2,1-3H3,(H,21,24). The van der Waals surface area contributed by atoms with Gasteiger partial charge in [-0.1, -0.05) is 30.3 Å². The van der Waals surface area contributed by atoms with Gasteiger partial charge < -0.3 is 14.8 Å². The number of nitrogens with one attached hydrogen (secondary N) is 1. The summed E-state index contributed by atoms with van der Waals surface area (Å²) in [5.74, 6) is 0.859. The van der Waals surface area contributed by atoms with Gasteiger partial charge in [0, 0.05) is 0 Å². The molecule has 1 heterocycles. The van der Waals surface area contributed by atoms with Gasteiger partial charge in [0.15, 0.2) is 18.1 Å². The third-order valence-corrected chi connectivity index (χ3v) is 3.98. The third-order valence-electron chi connectivity index (χ3n) is 3.98. The first-order chi connectivity index (χ1) is 12.6. The number of methoxy groups -OCH3 is 1. The molecule has 3 rings (SSSR count). The van der Waals surface area contributed by atoms with Crippen LogP contribution in [0.2, 0.25) is 0 Å². The Morgan fingerprint density at radius 1 is 1.04 bits per heavy atom. The summed E-state index contributed by atoms with van der Waals surface area (Å²) in [4.78, 5) is 12.3. The van der Waals surface area contributed by atoms with Gasteiger partial charge in [-0.05, 0) is 38.1 Å². The molecule has 26 heavy (non-hydrogen) atoms. The van der Waals surface area contributed by atoms with Crippen LogP contribution in [0, 0.1) is 13.8 Å². The number of hydrogen-bond donors (Lipinski definition) is 1. The number of aromatic nitrogens is 2. The molecule has 0 aliphatic carbocycles. The van der Waals surface area contributed by atoms with E-state index in [1.54, 1.807) is 19.2 Å². The van der Waals surface area contributed by atoms with E-state index in [1.165, 1.54) is 0 Å². The van der Waals surface area contributed by atoms with Crippen molar-refractivity contribution in [3.63, 3.8) is 0 Å². The van der Waals surface area contributed by atoms with E-state index in [1.807, 2.05) is 61.0 Å². The largest absolute Gasteiger partial charge is 0.493 e. The molecule has 0 bridgehead atoms. The number of para-hydroxylation sites is 3. The number of benzene rings is 2. The number of amides is 1. The highest BCUT2D eigenvalue weighted by Crippen LogP contribution is 2.26. The molecule has 6 nitrogen and oxygen atoms in total. The molecule has 0 saturated heterocycles. The van der Waals surface area contributed by atoms with Gasteiger partial charge in [0.2, 0.25) is 0 Å². The lowest BCUT2D eigenvalue weighted by atomic mass is 10.3. The number of anilines is 1. The van der Waals surface area contributed by atoms with E-state index < -0.39 is 0 Å². The van der Waals surface area contributed by atoms with Crippen molar-refractivity contribution >= 4 is 11.6 Å². The Kier molecular flexibility index (Phi) is 5.22. The summed E-state index contributed by atoms with van der Waals surface area (Å²) in [6, 6.07) is 17.0. The summed E-state index contributed by atoms with van der Waals surface area (Å²) in [5, 5.41) is 7.41. The number of carbonyl (C=O) groups is 1. The average molecular weight is 351 g/mol. The molecule has 0 atom stereocenters. The SMILES string of the molecule is COc1ccccc1OCC(=O)Nc1c(C)nn(-c2ccccc2)c1C. The van der Waals surface area contributed by atoms with Crippen molar-refractivity contribution in [2.75, 3.05) is 19.0 Å². The lowest BCUT2D eigenvalue weighted by Crippen LogP contribution is -2.21. The highest BCUT2D eigenvalue weighted by Gasteiger charge is 2.16. The molecule has 0 unspecified atom stereocenters. The molecular formula is C20H21N3O3. The normalized spacial score (nSPS) is 10.4. The molecule has 0 aliphatic rings. The summed E-state index contributed by atoms with van der Waals surface area (Å²) in [7, 11) is 1.56. The van der Waals surface area contributed by atoms with Gasteiger partial charge in [-0.3, -0.25) is 4.79 Å². The second-order valence-electron chi connectivity index (χ2n) is 5.78. The highest BCUT2D eigenvalue weighted by atomic mass is 16.5. The van der Waals surface area contributed by atoms with Crippen molar-refractivity contribution in [2.45, 2.75) is 13.8 Å². The second kappa shape index (κ2) is 7.74. The summed E-state index contributed by atoms with van der Waals surface area (Å²) < 4.78 is 12.6. The van der Waals surface area contributed by atoms with E-state index >= 15 is 0 Å². The minimum Gasteiger partial charge on any atom is -0.493 e. The van der Waals surface area contributed by atoms with Crippen LogP contribution in [0.3, 0.4) is 0 Å². The number of hydrogen-bond acceptors (Lipinski definition) is 4. The van der Waals surface area contributed by atoms with Crippen molar-refractivity contribution in [1.29, 1.82) is 0 Å². The predicted molar refractivity (Wildman–Crippen MR) is 100 cm³/mol. The lowest BCUT2D eigenvalue weighted by molar-refractivity contribution is -0.118. The number of carbonyl (C=O) groups excluding carboxylic acids is 1. The van der Waals surface area contributed by atoms with Gasteiger partial charge in [-0.25, -0.2) is 4.68 Å². The minimum atomic E-state index is -0.255. The van der Waals surface area contributed by atoms with Crippen molar-refractivity contribution < 1.29 is 14.3 Å². The molecule has 0 radical (unpaired) electrons. The van der Waals surface area contributed by atoms with Crippen LogP contribution in [0.15, 0.2) is 54.6 Å². The maximum absolute atomic E-state index is 12.3. The molecular weight excluding hydrogens is 330 g/mol. The van der Waals surface area contributed by atoms with Crippen LogP contribution in [0.4, 0.5) is 5.69 Å². The molecule has 1 amide bonds. The van der Waals surface area contributed by atoms with Crippen molar-refractivity contribution in [3.05, 3.63) is 66.0 Å². The number of ether oxygens (including phenoxy) is 2. The first-order valence-corrected chi connectivity index (χ1v) is 8.27. The van der Waals surface area contributed by atoms with Crippen molar-refractivity contribution in [2.24, 2.45) is 0 Å². The summed E-state index contributed by atoms with van der Waals surface area (Å²) in [6.45, 7) is 3.67. The predicted octanol–water partition coefficient (Wildman–Crippen LogP) is 3.52. The number of aryl methyl sites for hydroxylation is 1. The summed E-state index contributed by atoms with van der Waals surface area (Å²) in [6.07, 6.45) is 0. The maximum atomic E-state index is 12.3. The summed E-state index contributed by atoms with van der Waals surface area (Å²) >= 11 is 0. The first kappa shape index (κ1) is 17.5. The molecule has 1 N–H and O–H groups in total. The zero-order valence-electron chi connectivity index (χ0n) is 15.0. The molecule has 6 heteroatoms. The first-order valence-electron chi connectivity index (χ1n) is 8.27. The van der Waals surface area contributed by atoms with Gasteiger partial charge in [0.25, 0.3) is 5.91 Å². The van der Waals surface area contributed by atoms with E-state index in [-0.39, 0.29) is 12.5 Å². The van der Waals surface area contributed by atoms with Crippen LogP contribution >= 0.6 is 0 Å².